The molecule has 260 valence electrons. The molecule has 1 fully saturated rings. The quantitative estimate of drug-likeness (QED) is 0.161. The number of anilines is 1. The molecule has 12 heteroatoms. The molecule has 0 unspecified atom stereocenters. The van der Waals surface area contributed by atoms with E-state index in [9.17, 15) is 22.8 Å². The van der Waals surface area contributed by atoms with Gasteiger partial charge >= 0.3 is 6.18 Å². The Kier molecular flexibility index (Phi) is 9.83. The number of hydrogen-bond acceptors (Lipinski definition) is 6. The number of halogens is 3. The molecule has 0 N–H and O–H groups in total. The molecule has 6 rings (SSSR count). The van der Waals surface area contributed by atoms with Gasteiger partial charge in [0.25, 0.3) is 11.8 Å². The summed E-state index contributed by atoms with van der Waals surface area (Å²) in [7, 11) is 3.39. The van der Waals surface area contributed by atoms with Crippen molar-refractivity contribution in [3.8, 4) is 17.4 Å². The number of amides is 2. The van der Waals surface area contributed by atoms with Gasteiger partial charge in [-0.15, -0.1) is 0 Å². The fourth-order valence-electron chi connectivity index (χ4n) is 5.94. The van der Waals surface area contributed by atoms with Crippen LogP contribution in [0.25, 0.3) is 10.9 Å². The van der Waals surface area contributed by atoms with Crippen molar-refractivity contribution in [2.75, 3.05) is 38.1 Å². The molecule has 3 heterocycles. The number of piperazine rings is 1. The van der Waals surface area contributed by atoms with E-state index in [4.69, 9.17) is 9.47 Å². The molecule has 1 aliphatic rings. The lowest BCUT2D eigenvalue weighted by atomic mass is 10.1. The SMILES string of the molecule is CC(C)Oc1ccc(CN2CCN(C(=O)c3cc4cc(Oc5ccc(N(C)C(=O)c6ccc(C(F)(F)F)cc6)cn5)ccc4n3C)CC2)cc1. The third-order valence-electron chi connectivity index (χ3n) is 8.69. The number of hydrogen-bond donors (Lipinski definition) is 0. The second-order valence-electron chi connectivity index (χ2n) is 12.6. The Labute approximate surface area is 288 Å². The zero-order valence-electron chi connectivity index (χ0n) is 28.3. The number of rotatable bonds is 9. The molecule has 0 bridgehead atoms. The summed E-state index contributed by atoms with van der Waals surface area (Å²) in [5.41, 5.74) is 2.42. The third-order valence-corrected chi connectivity index (χ3v) is 8.69. The van der Waals surface area contributed by atoms with Crippen LogP contribution >= 0.6 is 0 Å². The van der Waals surface area contributed by atoms with Crippen LogP contribution in [-0.4, -0.2) is 70.5 Å². The lowest BCUT2D eigenvalue weighted by molar-refractivity contribution is -0.137. The Bertz CT molecular complexity index is 1970. The maximum absolute atomic E-state index is 13.6. The molecular weight excluding hydrogens is 647 g/mol. The van der Waals surface area contributed by atoms with Crippen LogP contribution < -0.4 is 14.4 Å². The number of carbonyl (C=O) groups excluding carboxylic acids is 2. The van der Waals surface area contributed by atoms with E-state index in [0.717, 1.165) is 60.6 Å². The first-order chi connectivity index (χ1) is 23.9. The fraction of sp³-hybridized carbons (Fsp3) is 0.289. The summed E-state index contributed by atoms with van der Waals surface area (Å²) in [6.45, 7) is 7.66. The van der Waals surface area contributed by atoms with Crippen molar-refractivity contribution in [3.63, 3.8) is 0 Å². The van der Waals surface area contributed by atoms with Crippen molar-refractivity contribution in [3.05, 3.63) is 114 Å². The Morgan fingerprint density at radius 2 is 1.56 bits per heavy atom. The number of benzene rings is 3. The van der Waals surface area contributed by atoms with Gasteiger partial charge in [-0.25, -0.2) is 4.98 Å². The van der Waals surface area contributed by atoms with Crippen molar-refractivity contribution in [1.29, 1.82) is 0 Å². The molecule has 0 radical (unpaired) electrons. The van der Waals surface area contributed by atoms with Gasteiger partial charge in [-0.05, 0) is 86.1 Å². The van der Waals surface area contributed by atoms with Crippen molar-refractivity contribution in [1.82, 2.24) is 19.4 Å². The normalized spacial score (nSPS) is 13.9. The highest BCUT2D eigenvalue weighted by molar-refractivity contribution is 6.05. The van der Waals surface area contributed by atoms with E-state index in [1.54, 1.807) is 18.2 Å². The Hall–Kier alpha value is -5.36. The van der Waals surface area contributed by atoms with Crippen LogP contribution in [0.1, 0.15) is 45.8 Å². The topological polar surface area (TPSA) is 80.1 Å². The molecule has 5 aromatic rings. The van der Waals surface area contributed by atoms with Gasteiger partial charge in [0.15, 0.2) is 0 Å². The summed E-state index contributed by atoms with van der Waals surface area (Å²) >= 11 is 0. The standard InChI is InChI=1S/C38H38F3N5O4/c1-25(2)49-31-12-5-26(6-13-31)24-45-17-19-46(20-18-45)37(48)34-22-28-21-32(14-15-33(28)44(34)4)50-35-16-11-30(23-42-35)43(3)36(47)27-7-9-29(10-8-27)38(39,40)41/h5-16,21-23,25H,17-20,24H2,1-4H3. The minimum absolute atomic E-state index is 0.0202. The highest BCUT2D eigenvalue weighted by Crippen LogP contribution is 2.31. The third kappa shape index (κ3) is 7.76. The van der Waals surface area contributed by atoms with Crippen molar-refractivity contribution in [2.24, 2.45) is 7.05 Å². The van der Waals surface area contributed by atoms with Crippen molar-refractivity contribution < 1.29 is 32.2 Å². The van der Waals surface area contributed by atoms with Gasteiger partial charge in [-0.2, -0.15) is 13.2 Å². The number of nitrogens with zero attached hydrogens (tertiary/aromatic N) is 5. The Morgan fingerprint density at radius 3 is 2.18 bits per heavy atom. The number of ether oxygens (including phenoxy) is 2. The van der Waals surface area contributed by atoms with E-state index in [1.165, 1.54) is 23.7 Å². The van der Waals surface area contributed by atoms with E-state index >= 15 is 0 Å². The minimum atomic E-state index is -4.48. The van der Waals surface area contributed by atoms with Crippen LogP contribution in [0.4, 0.5) is 18.9 Å². The molecule has 0 atom stereocenters. The zero-order chi connectivity index (χ0) is 35.6. The maximum Gasteiger partial charge on any atom is 0.416 e. The molecule has 2 amide bonds. The fourth-order valence-corrected chi connectivity index (χ4v) is 5.94. The summed E-state index contributed by atoms with van der Waals surface area (Å²) in [6.07, 6.45) is -2.89. The molecule has 1 saturated heterocycles. The number of fused-ring (bicyclic) bond motifs is 1. The van der Waals surface area contributed by atoms with Gasteiger partial charge in [0, 0.05) is 69.4 Å². The van der Waals surface area contributed by atoms with E-state index in [2.05, 4.69) is 22.0 Å². The van der Waals surface area contributed by atoms with Crippen LogP contribution in [-0.2, 0) is 19.8 Å². The lowest BCUT2D eigenvalue weighted by Crippen LogP contribution is -2.48. The molecule has 0 aliphatic carbocycles. The molecule has 9 nitrogen and oxygen atoms in total. The molecule has 0 spiro atoms. The van der Waals surface area contributed by atoms with Gasteiger partial charge in [0.1, 0.15) is 17.2 Å². The first kappa shape index (κ1) is 34.5. The summed E-state index contributed by atoms with van der Waals surface area (Å²) in [5.74, 6) is 1.17. The highest BCUT2D eigenvalue weighted by atomic mass is 19.4. The summed E-state index contributed by atoms with van der Waals surface area (Å²) in [5, 5.41) is 0.843. The Morgan fingerprint density at radius 1 is 0.880 bits per heavy atom. The predicted octanol–water partition coefficient (Wildman–Crippen LogP) is 7.41. The number of alkyl halides is 3. The van der Waals surface area contributed by atoms with Crippen LogP contribution in [0.2, 0.25) is 0 Å². The molecule has 2 aromatic heterocycles. The van der Waals surface area contributed by atoms with E-state index < -0.39 is 17.6 Å². The van der Waals surface area contributed by atoms with Crippen LogP contribution in [0, 0.1) is 0 Å². The highest BCUT2D eigenvalue weighted by Gasteiger charge is 2.30. The van der Waals surface area contributed by atoms with Crippen LogP contribution in [0.3, 0.4) is 0 Å². The van der Waals surface area contributed by atoms with Gasteiger partial charge in [-0.3, -0.25) is 14.5 Å². The molecular formula is C38H38F3N5O4. The van der Waals surface area contributed by atoms with Crippen LogP contribution in [0.15, 0.2) is 91.1 Å². The molecule has 3 aromatic carbocycles. The van der Waals surface area contributed by atoms with Gasteiger partial charge in [-0.1, -0.05) is 12.1 Å². The van der Waals surface area contributed by atoms with Gasteiger partial charge in [0.05, 0.1) is 23.6 Å². The van der Waals surface area contributed by atoms with Crippen molar-refractivity contribution >= 4 is 28.4 Å². The summed E-state index contributed by atoms with van der Waals surface area (Å²) in [4.78, 5) is 36.3. The van der Waals surface area contributed by atoms with Crippen LogP contribution in [0.5, 0.6) is 17.4 Å². The number of aromatic nitrogens is 2. The zero-order valence-corrected chi connectivity index (χ0v) is 28.3. The maximum atomic E-state index is 13.6. The largest absolute Gasteiger partial charge is 0.491 e. The summed E-state index contributed by atoms with van der Waals surface area (Å²) < 4.78 is 52.3. The Balaban J connectivity index is 1.05. The van der Waals surface area contributed by atoms with Gasteiger partial charge in [0.2, 0.25) is 5.88 Å². The van der Waals surface area contributed by atoms with E-state index in [0.29, 0.717) is 30.2 Å². The minimum Gasteiger partial charge on any atom is -0.491 e. The molecule has 1 aliphatic heterocycles. The molecule has 0 saturated carbocycles. The average molecular weight is 686 g/mol. The summed E-state index contributed by atoms with van der Waals surface area (Å²) in [6, 6.07) is 22.9. The number of aryl methyl sites for hydroxylation is 1. The van der Waals surface area contributed by atoms with E-state index in [1.807, 2.05) is 60.7 Å². The predicted molar refractivity (Wildman–Crippen MR) is 185 cm³/mol. The lowest BCUT2D eigenvalue weighted by Gasteiger charge is -2.34. The first-order valence-electron chi connectivity index (χ1n) is 16.3. The first-order valence-corrected chi connectivity index (χ1v) is 16.3. The second-order valence-corrected chi connectivity index (χ2v) is 12.6. The van der Waals surface area contributed by atoms with E-state index in [-0.39, 0.29) is 23.5 Å². The van der Waals surface area contributed by atoms with Gasteiger partial charge < -0.3 is 23.8 Å². The average Bonchev–Trinajstić information content (AvgIpc) is 3.43. The smallest absolute Gasteiger partial charge is 0.416 e. The number of pyridine rings is 1. The van der Waals surface area contributed by atoms with Crippen molar-refractivity contribution in [2.45, 2.75) is 32.7 Å². The monoisotopic (exact) mass is 685 g/mol. The molecule has 50 heavy (non-hydrogen) atoms. The second kappa shape index (κ2) is 14.2. The number of carbonyl (C=O) groups is 2.